The summed E-state index contributed by atoms with van der Waals surface area (Å²) in [7, 11) is 0. The van der Waals surface area contributed by atoms with Gasteiger partial charge in [0.25, 0.3) is 0 Å². The first-order valence-corrected chi connectivity index (χ1v) is 7.66. The Morgan fingerprint density at radius 3 is 3.00 bits per heavy atom. The second-order valence-corrected chi connectivity index (χ2v) is 6.23. The number of hydrogen-bond acceptors (Lipinski definition) is 3. The largest absolute Gasteiger partial charge is 0.389 e. The van der Waals surface area contributed by atoms with Gasteiger partial charge in [-0.15, -0.1) is 11.8 Å². The van der Waals surface area contributed by atoms with E-state index in [0.29, 0.717) is 6.10 Å². The predicted octanol–water partition coefficient (Wildman–Crippen LogP) is 3.77. The minimum atomic E-state index is -0.413. The van der Waals surface area contributed by atoms with Gasteiger partial charge < -0.3 is 9.84 Å². The van der Waals surface area contributed by atoms with Crippen LogP contribution in [0.1, 0.15) is 31.4 Å². The molecule has 94 valence electrons. The van der Waals surface area contributed by atoms with Crippen LogP contribution in [0.3, 0.4) is 0 Å². The van der Waals surface area contributed by atoms with E-state index >= 15 is 0 Å². The number of benzene rings is 1. The van der Waals surface area contributed by atoms with Crippen LogP contribution in [0.2, 0.25) is 0 Å². The quantitative estimate of drug-likeness (QED) is 0.857. The maximum absolute atomic E-state index is 9.49. The van der Waals surface area contributed by atoms with E-state index in [0.717, 1.165) is 22.4 Å². The third kappa shape index (κ3) is 3.71. The molecule has 0 aliphatic carbocycles. The summed E-state index contributed by atoms with van der Waals surface area (Å²) in [6.07, 6.45) is 2.36. The highest BCUT2D eigenvalue weighted by atomic mass is 79.9. The van der Waals surface area contributed by atoms with Gasteiger partial charge in [0.15, 0.2) is 0 Å². The van der Waals surface area contributed by atoms with Gasteiger partial charge >= 0.3 is 0 Å². The first-order chi connectivity index (χ1) is 8.16. The molecule has 0 bridgehead atoms. The van der Waals surface area contributed by atoms with Gasteiger partial charge in [-0.1, -0.05) is 6.07 Å². The molecule has 2 nitrogen and oxygen atoms in total. The number of aliphatic hydroxyl groups excluding tert-OH is 1. The molecule has 0 spiro atoms. The molecule has 1 aromatic carbocycles. The predicted molar refractivity (Wildman–Crippen MR) is 74.5 cm³/mol. The molecule has 0 aromatic heterocycles. The fourth-order valence-corrected chi connectivity index (χ4v) is 3.58. The molecule has 1 aromatic rings. The molecule has 0 saturated carbocycles. The van der Waals surface area contributed by atoms with Crippen LogP contribution in [0, 0.1) is 0 Å². The van der Waals surface area contributed by atoms with Gasteiger partial charge in [0.05, 0.1) is 12.2 Å². The zero-order valence-corrected chi connectivity index (χ0v) is 12.3. The third-order valence-corrected chi connectivity index (χ3v) is 5.01. The molecule has 1 saturated heterocycles. The molecule has 2 atom stereocenters. The van der Waals surface area contributed by atoms with Crippen molar-refractivity contribution in [3.8, 4) is 0 Å². The zero-order chi connectivity index (χ0) is 12.3. The normalized spacial score (nSPS) is 21.7. The smallest absolute Gasteiger partial charge is 0.0762 e. The van der Waals surface area contributed by atoms with Crippen LogP contribution in [-0.4, -0.2) is 23.6 Å². The minimum absolute atomic E-state index is 0.406. The molecule has 1 N–H and O–H groups in total. The SMILES string of the molecule is C[C@@H](O)c1ccc(SCC2CCCO2)c(Br)c1. The topological polar surface area (TPSA) is 29.5 Å². The Balaban J connectivity index is 1.96. The summed E-state index contributed by atoms with van der Waals surface area (Å²) < 4.78 is 6.65. The number of hydrogen-bond donors (Lipinski definition) is 1. The van der Waals surface area contributed by atoms with Gasteiger partial charge in [0.1, 0.15) is 0 Å². The highest BCUT2D eigenvalue weighted by Crippen LogP contribution is 2.32. The molecule has 0 radical (unpaired) electrons. The molecule has 17 heavy (non-hydrogen) atoms. The highest BCUT2D eigenvalue weighted by Gasteiger charge is 2.16. The van der Waals surface area contributed by atoms with E-state index in [1.54, 1.807) is 6.92 Å². The van der Waals surface area contributed by atoms with E-state index < -0.39 is 6.10 Å². The fourth-order valence-electron chi connectivity index (χ4n) is 1.85. The third-order valence-electron chi connectivity index (χ3n) is 2.89. The van der Waals surface area contributed by atoms with Crippen molar-refractivity contribution in [2.24, 2.45) is 0 Å². The van der Waals surface area contributed by atoms with E-state index in [-0.39, 0.29) is 0 Å². The fraction of sp³-hybridized carbons (Fsp3) is 0.538. The average Bonchev–Trinajstić information content (AvgIpc) is 2.80. The van der Waals surface area contributed by atoms with Gasteiger partial charge in [-0.05, 0) is 53.4 Å². The summed E-state index contributed by atoms with van der Waals surface area (Å²) in [6, 6.07) is 6.03. The summed E-state index contributed by atoms with van der Waals surface area (Å²) in [5.74, 6) is 1.01. The molecule has 0 amide bonds. The van der Waals surface area contributed by atoms with Gasteiger partial charge in [-0.2, -0.15) is 0 Å². The van der Waals surface area contributed by atoms with Crippen molar-refractivity contribution in [1.82, 2.24) is 0 Å². The summed E-state index contributed by atoms with van der Waals surface area (Å²) in [5, 5.41) is 9.49. The number of aliphatic hydroxyl groups is 1. The standard InChI is InChI=1S/C13H17BrO2S/c1-9(15)10-4-5-13(12(14)7-10)17-8-11-3-2-6-16-11/h4-5,7,9,11,15H,2-3,6,8H2,1H3/t9-,11?/m1/s1. The molecular weight excluding hydrogens is 300 g/mol. The van der Waals surface area contributed by atoms with Gasteiger partial charge in [0.2, 0.25) is 0 Å². The van der Waals surface area contributed by atoms with Crippen LogP contribution >= 0.6 is 27.7 Å². The second kappa shape index (κ2) is 6.23. The van der Waals surface area contributed by atoms with Crippen molar-refractivity contribution in [2.45, 2.75) is 36.9 Å². The van der Waals surface area contributed by atoms with Crippen molar-refractivity contribution in [2.75, 3.05) is 12.4 Å². The lowest BCUT2D eigenvalue weighted by Gasteiger charge is -2.11. The van der Waals surface area contributed by atoms with Crippen molar-refractivity contribution in [3.63, 3.8) is 0 Å². The molecule has 4 heteroatoms. The Morgan fingerprint density at radius 2 is 2.41 bits per heavy atom. The van der Waals surface area contributed by atoms with Crippen LogP contribution < -0.4 is 0 Å². The molecule has 1 aliphatic rings. The van der Waals surface area contributed by atoms with E-state index in [9.17, 15) is 5.11 Å². The lowest BCUT2D eigenvalue weighted by Crippen LogP contribution is -2.07. The van der Waals surface area contributed by atoms with Crippen LogP contribution in [-0.2, 0) is 4.74 Å². The maximum Gasteiger partial charge on any atom is 0.0762 e. The van der Waals surface area contributed by atoms with E-state index in [1.165, 1.54) is 17.7 Å². The Morgan fingerprint density at radius 1 is 1.59 bits per heavy atom. The van der Waals surface area contributed by atoms with E-state index in [4.69, 9.17) is 4.74 Å². The van der Waals surface area contributed by atoms with E-state index in [2.05, 4.69) is 22.0 Å². The maximum atomic E-state index is 9.49. The van der Waals surface area contributed by atoms with Gasteiger partial charge in [-0.25, -0.2) is 0 Å². The molecule has 1 aliphatic heterocycles. The molecule has 1 unspecified atom stereocenters. The van der Waals surface area contributed by atoms with Crippen molar-refractivity contribution in [1.29, 1.82) is 0 Å². The highest BCUT2D eigenvalue weighted by molar-refractivity contribution is 9.10. The Kier molecular flexibility index (Phi) is 4.91. The van der Waals surface area contributed by atoms with Crippen LogP contribution in [0.25, 0.3) is 0 Å². The van der Waals surface area contributed by atoms with Crippen molar-refractivity contribution >= 4 is 27.7 Å². The Bertz CT molecular complexity index is 376. The summed E-state index contributed by atoms with van der Waals surface area (Å²) in [4.78, 5) is 1.21. The monoisotopic (exact) mass is 316 g/mol. The summed E-state index contributed by atoms with van der Waals surface area (Å²) in [6.45, 7) is 2.69. The molecular formula is C13H17BrO2S. The summed E-state index contributed by atoms with van der Waals surface area (Å²) in [5.41, 5.74) is 0.943. The molecule has 1 fully saturated rings. The molecule has 2 rings (SSSR count). The summed E-state index contributed by atoms with van der Waals surface area (Å²) >= 11 is 5.36. The van der Waals surface area contributed by atoms with Crippen molar-refractivity contribution in [3.05, 3.63) is 28.2 Å². The number of halogens is 1. The lowest BCUT2D eigenvalue weighted by molar-refractivity contribution is 0.129. The Hall–Kier alpha value is -0.0300. The zero-order valence-electron chi connectivity index (χ0n) is 9.86. The van der Waals surface area contributed by atoms with Crippen LogP contribution in [0.4, 0.5) is 0 Å². The average molecular weight is 317 g/mol. The first kappa shape index (κ1) is 13.4. The number of thioether (sulfide) groups is 1. The van der Waals surface area contributed by atoms with Crippen LogP contribution in [0.15, 0.2) is 27.6 Å². The van der Waals surface area contributed by atoms with E-state index in [1.807, 2.05) is 23.9 Å². The van der Waals surface area contributed by atoms with Gasteiger partial charge in [-0.3, -0.25) is 0 Å². The molecule has 1 heterocycles. The Labute approximate surface area is 115 Å². The number of ether oxygens (including phenoxy) is 1. The van der Waals surface area contributed by atoms with Gasteiger partial charge in [0, 0.05) is 21.7 Å². The lowest BCUT2D eigenvalue weighted by atomic mass is 10.1. The second-order valence-electron chi connectivity index (χ2n) is 4.31. The minimum Gasteiger partial charge on any atom is -0.389 e. The van der Waals surface area contributed by atoms with Crippen molar-refractivity contribution < 1.29 is 9.84 Å². The van der Waals surface area contributed by atoms with Crippen LogP contribution in [0.5, 0.6) is 0 Å². The first-order valence-electron chi connectivity index (χ1n) is 5.88. The number of rotatable bonds is 4.